The summed E-state index contributed by atoms with van der Waals surface area (Å²) in [6, 6.07) is 11.3. The zero-order chi connectivity index (χ0) is 14.9. The van der Waals surface area contributed by atoms with Crippen molar-refractivity contribution in [2.75, 3.05) is 13.2 Å². The number of ether oxygens (including phenoxy) is 2. The molecule has 5 nitrogen and oxygen atoms in total. The molecular weight excluding hydrogens is 407 g/mol. The maximum atomic E-state index is 12.3. The Hall–Kier alpha value is -1.48. The molecule has 1 heterocycles. The molecule has 2 aromatic rings. The van der Waals surface area contributed by atoms with Crippen molar-refractivity contribution < 1.29 is 22.1 Å². The molecular formula is C14H11IO5S. The van der Waals surface area contributed by atoms with Crippen LogP contribution < -0.4 is 13.7 Å². The summed E-state index contributed by atoms with van der Waals surface area (Å²) in [5.74, 6) is 1.22. The summed E-state index contributed by atoms with van der Waals surface area (Å²) in [4.78, 5) is 0.0330. The first kappa shape index (κ1) is 14.5. The molecule has 0 aromatic heterocycles. The van der Waals surface area contributed by atoms with Crippen molar-refractivity contribution in [3.63, 3.8) is 0 Å². The fourth-order valence-corrected chi connectivity index (χ4v) is 3.33. The van der Waals surface area contributed by atoms with Gasteiger partial charge in [0.1, 0.15) is 23.9 Å². The Balaban J connectivity index is 1.91. The molecule has 0 atom stereocenters. The van der Waals surface area contributed by atoms with Crippen molar-refractivity contribution in [1.29, 1.82) is 0 Å². The number of rotatable bonds is 3. The van der Waals surface area contributed by atoms with Gasteiger partial charge in [0.05, 0.1) is 0 Å². The van der Waals surface area contributed by atoms with Gasteiger partial charge in [0.15, 0.2) is 11.5 Å². The van der Waals surface area contributed by atoms with Crippen LogP contribution >= 0.6 is 22.6 Å². The Morgan fingerprint density at radius 2 is 1.76 bits per heavy atom. The van der Waals surface area contributed by atoms with E-state index in [9.17, 15) is 8.42 Å². The highest BCUT2D eigenvalue weighted by atomic mass is 127. The molecule has 0 saturated heterocycles. The monoisotopic (exact) mass is 418 g/mol. The van der Waals surface area contributed by atoms with Crippen molar-refractivity contribution in [3.8, 4) is 17.2 Å². The van der Waals surface area contributed by atoms with Crippen molar-refractivity contribution in [2.24, 2.45) is 0 Å². The largest absolute Gasteiger partial charge is 0.486 e. The SMILES string of the molecule is O=S(=O)(Oc1cccc(I)c1)c1ccc2c(c1)OCCO2. The maximum Gasteiger partial charge on any atom is 0.339 e. The van der Waals surface area contributed by atoms with Gasteiger partial charge in [-0.25, -0.2) is 0 Å². The molecule has 0 radical (unpaired) electrons. The molecule has 0 spiro atoms. The van der Waals surface area contributed by atoms with E-state index in [1.165, 1.54) is 12.1 Å². The van der Waals surface area contributed by atoms with Crippen LogP contribution in [0.1, 0.15) is 0 Å². The zero-order valence-corrected chi connectivity index (χ0v) is 13.8. The first-order valence-electron chi connectivity index (χ1n) is 6.14. The lowest BCUT2D eigenvalue weighted by atomic mass is 10.3. The van der Waals surface area contributed by atoms with E-state index in [2.05, 4.69) is 22.6 Å². The predicted molar refractivity (Wildman–Crippen MR) is 84.4 cm³/mol. The summed E-state index contributed by atoms with van der Waals surface area (Å²) in [5, 5.41) is 0. The number of benzene rings is 2. The molecule has 110 valence electrons. The summed E-state index contributed by atoms with van der Waals surface area (Å²) in [5.41, 5.74) is 0. The third kappa shape index (κ3) is 3.24. The highest BCUT2D eigenvalue weighted by Crippen LogP contribution is 2.33. The number of hydrogen-bond donors (Lipinski definition) is 0. The van der Waals surface area contributed by atoms with Crippen LogP contribution in [0.4, 0.5) is 0 Å². The van der Waals surface area contributed by atoms with Gasteiger partial charge < -0.3 is 13.7 Å². The minimum Gasteiger partial charge on any atom is -0.486 e. The van der Waals surface area contributed by atoms with Gasteiger partial charge in [-0.2, -0.15) is 8.42 Å². The van der Waals surface area contributed by atoms with E-state index in [-0.39, 0.29) is 10.6 Å². The minimum atomic E-state index is -3.90. The van der Waals surface area contributed by atoms with Crippen LogP contribution in [-0.4, -0.2) is 21.6 Å². The second-order valence-electron chi connectivity index (χ2n) is 4.30. The molecule has 0 N–H and O–H groups in total. The second kappa shape index (κ2) is 5.72. The highest BCUT2D eigenvalue weighted by Gasteiger charge is 2.21. The van der Waals surface area contributed by atoms with Gasteiger partial charge in [-0.05, 0) is 52.9 Å². The third-order valence-corrected chi connectivity index (χ3v) is 4.72. The molecule has 1 aliphatic rings. The van der Waals surface area contributed by atoms with Gasteiger partial charge in [-0.3, -0.25) is 0 Å². The van der Waals surface area contributed by atoms with Crippen molar-refractivity contribution >= 4 is 32.7 Å². The average molecular weight is 418 g/mol. The topological polar surface area (TPSA) is 61.8 Å². The lowest BCUT2D eigenvalue weighted by Gasteiger charge is -2.18. The molecule has 0 aliphatic carbocycles. The number of halogens is 1. The number of hydrogen-bond acceptors (Lipinski definition) is 5. The van der Waals surface area contributed by atoms with E-state index in [0.717, 1.165) is 3.57 Å². The summed E-state index contributed by atoms with van der Waals surface area (Å²) in [7, 11) is -3.90. The van der Waals surface area contributed by atoms with Crippen LogP contribution in [-0.2, 0) is 10.1 Å². The minimum absolute atomic E-state index is 0.0330. The Labute approximate surface area is 136 Å². The van der Waals surface area contributed by atoms with Crippen molar-refractivity contribution in [3.05, 3.63) is 46.0 Å². The van der Waals surface area contributed by atoms with Crippen molar-refractivity contribution in [1.82, 2.24) is 0 Å². The van der Waals surface area contributed by atoms with Gasteiger partial charge in [0, 0.05) is 9.64 Å². The molecule has 2 aromatic carbocycles. The van der Waals surface area contributed by atoms with Gasteiger partial charge in [-0.15, -0.1) is 0 Å². The summed E-state index contributed by atoms with van der Waals surface area (Å²) in [6.07, 6.45) is 0. The van der Waals surface area contributed by atoms with E-state index >= 15 is 0 Å². The summed E-state index contributed by atoms with van der Waals surface area (Å²) >= 11 is 2.09. The fraction of sp³-hybridized carbons (Fsp3) is 0.143. The molecule has 1 aliphatic heterocycles. The van der Waals surface area contributed by atoms with Crippen LogP contribution in [0.2, 0.25) is 0 Å². The van der Waals surface area contributed by atoms with E-state index < -0.39 is 10.1 Å². The lowest BCUT2D eigenvalue weighted by Crippen LogP contribution is -2.16. The van der Waals surface area contributed by atoms with Gasteiger partial charge in [0.25, 0.3) is 0 Å². The fourth-order valence-electron chi connectivity index (χ4n) is 1.87. The van der Waals surface area contributed by atoms with E-state index in [0.29, 0.717) is 24.7 Å². The smallest absolute Gasteiger partial charge is 0.339 e. The Kier molecular flexibility index (Phi) is 3.94. The zero-order valence-electron chi connectivity index (χ0n) is 10.8. The molecule has 0 bridgehead atoms. The Bertz CT molecular complexity index is 773. The van der Waals surface area contributed by atoms with Crippen LogP contribution in [0.25, 0.3) is 0 Å². The molecule has 3 rings (SSSR count). The van der Waals surface area contributed by atoms with Crippen LogP contribution in [0, 0.1) is 3.57 Å². The first-order chi connectivity index (χ1) is 10.0. The van der Waals surface area contributed by atoms with E-state index in [1.807, 2.05) is 6.07 Å². The Morgan fingerprint density at radius 3 is 2.52 bits per heavy atom. The lowest BCUT2D eigenvalue weighted by molar-refractivity contribution is 0.171. The van der Waals surface area contributed by atoms with Crippen molar-refractivity contribution in [2.45, 2.75) is 4.90 Å². The summed E-state index contributed by atoms with van der Waals surface area (Å²) in [6.45, 7) is 0.853. The molecule has 7 heteroatoms. The molecule has 0 fully saturated rings. The van der Waals surface area contributed by atoms with Crippen LogP contribution in [0.5, 0.6) is 17.2 Å². The van der Waals surface area contributed by atoms with E-state index in [1.54, 1.807) is 24.3 Å². The molecule has 0 saturated carbocycles. The van der Waals surface area contributed by atoms with Gasteiger partial charge >= 0.3 is 10.1 Å². The molecule has 0 amide bonds. The maximum absolute atomic E-state index is 12.3. The standard InChI is InChI=1S/C14H11IO5S/c15-10-2-1-3-11(8-10)20-21(16,17)12-4-5-13-14(9-12)19-7-6-18-13/h1-5,8-9H,6-7H2. The van der Waals surface area contributed by atoms with Gasteiger partial charge in [0.2, 0.25) is 0 Å². The second-order valence-corrected chi connectivity index (χ2v) is 7.09. The molecule has 21 heavy (non-hydrogen) atoms. The Morgan fingerprint density at radius 1 is 1.00 bits per heavy atom. The highest BCUT2D eigenvalue weighted by molar-refractivity contribution is 14.1. The normalized spacial score (nSPS) is 13.8. The third-order valence-electron chi connectivity index (χ3n) is 2.80. The van der Waals surface area contributed by atoms with Crippen LogP contribution in [0.15, 0.2) is 47.4 Å². The van der Waals surface area contributed by atoms with Gasteiger partial charge in [-0.1, -0.05) is 6.07 Å². The van der Waals surface area contributed by atoms with Crippen LogP contribution in [0.3, 0.4) is 0 Å². The quantitative estimate of drug-likeness (QED) is 0.567. The van der Waals surface area contributed by atoms with E-state index in [4.69, 9.17) is 13.7 Å². The predicted octanol–water partition coefficient (Wildman–Crippen LogP) is 2.83. The summed E-state index contributed by atoms with van der Waals surface area (Å²) < 4.78 is 41.3. The molecule has 0 unspecified atom stereocenters. The first-order valence-corrected chi connectivity index (χ1v) is 8.63. The average Bonchev–Trinajstić information content (AvgIpc) is 2.46. The number of fused-ring (bicyclic) bond motifs is 1.